The van der Waals surface area contributed by atoms with Crippen molar-refractivity contribution in [3.8, 4) is 11.5 Å². The van der Waals surface area contributed by atoms with E-state index in [0.29, 0.717) is 23.0 Å². The van der Waals surface area contributed by atoms with Crippen molar-refractivity contribution in [1.29, 1.82) is 0 Å². The second-order valence-corrected chi connectivity index (χ2v) is 16.1. The quantitative estimate of drug-likeness (QED) is 0.363. The van der Waals surface area contributed by atoms with Gasteiger partial charge in [-0.05, 0) is 41.6 Å². The number of carbonyl (C=O) groups is 1. The minimum Gasteiger partial charge on any atom is -0.324 e. The molecule has 1 aliphatic rings. The first-order valence-corrected chi connectivity index (χ1v) is 14.6. The summed E-state index contributed by atoms with van der Waals surface area (Å²) in [6.07, 6.45) is 7.71. The van der Waals surface area contributed by atoms with Gasteiger partial charge in [-0.15, -0.1) is 11.5 Å². The molecule has 0 radical (unpaired) electrons. The summed E-state index contributed by atoms with van der Waals surface area (Å²) in [5, 5.41) is 4.30. The Morgan fingerprint density at radius 3 is 2.25 bits per heavy atom. The van der Waals surface area contributed by atoms with E-state index in [1.165, 1.54) is 6.42 Å². The van der Waals surface area contributed by atoms with Gasteiger partial charge in [0.25, 0.3) is 0 Å². The van der Waals surface area contributed by atoms with Crippen LogP contribution in [-0.2, 0) is 4.79 Å². The Labute approximate surface area is 195 Å². The van der Waals surface area contributed by atoms with Crippen molar-refractivity contribution in [2.24, 2.45) is 5.41 Å². The molecule has 0 saturated heterocycles. The van der Waals surface area contributed by atoms with Crippen molar-refractivity contribution in [3.05, 3.63) is 36.5 Å². The van der Waals surface area contributed by atoms with Gasteiger partial charge < -0.3 is 5.32 Å². The summed E-state index contributed by atoms with van der Waals surface area (Å²) in [4.78, 5) is 18.2. The molecule has 1 saturated carbocycles. The number of anilines is 1. The Balaban J connectivity index is 1.91. The monoisotopic (exact) mass is 448 g/mol. The molecule has 1 aromatic carbocycles. The Morgan fingerprint density at radius 2 is 1.62 bits per heavy atom. The van der Waals surface area contributed by atoms with Gasteiger partial charge in [0.2, 0.25) is 5.91 Å². The average Bonchev–Trinajstić information content (AvgIpc) is 2.77. The van der Waals surface area contributed by atoms with Crippen molar-refractivity contribution < 1.29 is 4.79 Å². The third-order valence-corrected chi connectivity index (χ3v) is 14.1. The molecule has 3 nitrogen and oxygen atoms in total. The Morgan fingerprint density at radius 1 is 1.00 bits per heavy atom. The highest BCUT2D eigenvalue weighted by atomic mass is 28.3. The van der Waals surface area contributed by atoms with Crippen molar-refractivity contribution >= 4 is 30.6 Å². The fraction of sp³-hybridized carbons (Fsp3) is 0.571. The number of nitrogens with one attached hydrogen (secondary N) is 1. The highest BCUT2D eigenvalue weighted by Crippen LogP contribution is 2.43. The molecule has 172 valence electrons. The number of rotatable bonds is 6. The smallest absolute Gasteiger partial charge is 0.231 e. The van der Waals surface area contributed by atoms with E-state index >= 15 is 0 Å². The van der Waals surface area contributed by atoms with E-state index in [4.69, 9.17) is 0 Å². The molecule has 1 aromatic heterocycles. The number of amides is 1. The maximum Gasteiger partial charge on any atom is 0.231 e. The lowest BCUT2D eigenvalue weighted by atomic mass is 9.71. The van der Waals surface area contributed by atoms with Crippen molar-refractivity contribution in [2.45, 2.75) is 96.7 Å². The highest BCUT2D eigenvalue weighted by Gasteiger charge is 2.43. The van der Waals surface area contributed by atoms with Crippen molar-refractivity contribution in [3.63, 3.8) is 0 Å². The maximum absolute atomic E-state index is 13.7. The molecule has 4 heteroatoms. The van der Waals surface area contributed by atoms with Gasteiger partial charge in [-0.25, -0.2) is 0 Å². The van der Waals surface area contributed by atoms with E-state index in [1.54, 1.807) is 6.20 Å². The molecule has 32 heavy (non-hydrogen) atoms. The van der Waals surface area contributed by atoms with E-state index < -0.39 is 13.5 Å². The lowest BCUT2D eigenvalue weighted by Crippen LogP contribution is -2.43. The number of fused-ring (bicyclic) bond motifs is 1. The molecule has 0 aliphatic heterocycles. The van der Waals surface area contributed by atoms with Crippen molar-refractivity contribution in [2.75, 3.05) is 5.32 Å². The minimum absolute atomic E-state index is 0.121. The summed E-state index contributed by atoms with van der Waals surface area (Å²) in [5.74, 6) is 3.74. The number of pyridine rings is 1. The van der Waals surface area contributed by atoms with Crippen LogP contribution in [0.15, 0.2) is 36.5 Å². The van der Waals surface area contributed by atoms with Gasteiger partial charge in [0, 0.05) is 18.0 Å². The van der Waals surface area contributed by atoms with E-state index in [0.717, 1.165) is 42.3 Å². The first-order chi connectivity index (χ1) is 15.2. The fourth-order valence-corrected chi connectivity index (χ4v) is 11.2. The molecule has 1 N–H and O–H groups in total. The number of hydrogen-bond acceptors (Lipinski definition) is 2. The van der Waals surface area contributed by atoms with Gasteiger partial charge in [-0.2, -0.15) is 0 Å². The predicted octanol–water partition coefficient (Wildman–Crippen LogP) is 7.74. The van der Waals surface area contributed by atoms with Crippen LogP contribution >= 0.6 is 0 Å². The molecular weight excluding hydrogens is 408 g/mol. The zero-order valence-electron chi connectivity index (χ0n) is 20.8. The lowest BCUT2D eigenvalue weighted by molar-refractivity contribution is -0.127. The summed E-state index contributed by atoms with van der Waals surface area (Å²) >= 11 is 0. The molecule has 0 atom stereocenters. The fourth-order valence-electron chi connectivity index (χ4n) is 5.97. The largest absolute Gasteiger partial charge is 0.324 e. The molecule has 0 unspecified atom stereocenters. The Kier molecular flexibility index (Phi) is 7.82. The van der Waals surface area contributed by atoms with Gasteiger partial charge in [0.15, 0.2) is 0 Å². The normalized spacial score (nSPS) is 16.3. The molecule has 3 rings (SSSR count). The van der Waals surface area contributed by atoms with Gasteiger partial charge in [-0.1, -0.05) is 79.0 Å². The molecular formula is C28H40N2OSi. The number of para-hydroxylation sites is 1. The molecule has 0 bridgehead atoms. The zero-order valence-corrected chi connectivity index (χ0v) is 21.8. The van der Waals surface area contributed by atoms with E-state index in [-0.39, 0.29) is 5.91 Å². The predicted molar refractivity (Wildman–Crippen MR) is 139 cm³/mol. The summed E-state index contributed by atoms with van der Waals surface area (Å²) in [5.41, 5.74) is 6.93. The lowest BCUT2D eigenvalue weighted by Gasteiger charge is -2.38. The molecule has 1 heterocycles. The van der Waals surface area contributed by atoms with Crippen LogP contribution in [0.2, 0.25) is 16.6 Å². The number of hydrogen-bond donors (Lipinski definition) is 1. The van der Waals surface area contributed by atoms with Gasteiger partial charge >= 0.3 is 0 Å². The van der Waals surface area contributed by atoms with E-state index in [2.05, 4.69) is 63.3 Å². The Hall–Kier alpha value is -2.12. The number of nitrogens with zero attached hydrogens (tertiary/aromatic N) is 1. The topological polar surface area (TPSA) is 42.0 Å². The van der Waals surface area contributed by atoms with Crippen LogP contribution in [-0.4, -0.2) is 19.0 Å². The summed E-state index contributed by atoms with van der Waals surface area (Å²) < 4.78 is 0. The highest BCUT2D eigenvalue weighted by molar-refractivity contribution is 6.90. The Bertz CT molecular complexity index is 966. The summed E-state index contributed by atoms with van der Waals surface area (Å²) in [7, 11) is -1.79. The van der Waals surface area contributed by atoms with Crippen molar-refractivity contribution in [1.82, 2.24) is 4.98 Å². The molecule has 1 amide bonds. The van der Waals surface area contributed by atoms with Crippen LogP contribution in [0, 0.1) is 16.9 Å². The summed E-state index contributed by atoms with van der Waals surface area (Å²) in [6, 6.07) is 9.95. The zero-order chi connectivity index (χ0) is 23.4. The van der Waals surface area contributed by atoms with Crippen LogP contribution in [0.3, 0.4) is 0 Å². The van der Waals surface area contributed by atoms with Crippen LogP contribution in [0.1, 0.15) is 80.1 Å². The first kappa shape index (κ1) is 24.5. The van der Waals surface area contributed by atoms with Crippen LogP contribution in [0.4, 0.5) is 5.69 Å². The third-order valence-electron chi connectivity index (χ3n) is 7.77. The number of aromatic nitrogens is 1. The standard InChI is InChI=1S/C28H40N2OSi/c1-21(2)32(22(3)4,23(5)6)20-12-18-28(16-8-7-9-17-28)27(31)30-25-15-10-13-24-14-11-19-29-26(24)25/h10-11,13-15,19,21-23H,7-9,16-18H2,1-6H3,(H,30,31). The average molecular weight is 449 g/mol. The van der Waals surface area contributed by atoms with Crippen LogP contribution in [0.25, 0.3) is 10.9 Å². The van der Waals surface area contributed by atoms with Crippen LogP contribution in [0.5, 0.6) is 0 Å². The van der Waals surface area contributed by atoms with E-state index in [1.807, 2.05) is 30.3 Å². The van der Waals surface area contributed by atoms with E-state index in [9.17, 15) is 4.79 Å². The van der Waals surface area contributed by atoms with Gasteiger partial charge in [0.05, 0.1) is 16.6 Å². The second kappa shape index (κ2) is 10.2. The van der Waals surface area contributed by atoms with Gasteiger partial charge in [0.1, 0.15) is 8.07 Å². The first-order valence-electron chi connectivity index (χ1n) is 12.4. The van der Waals surface area contributed by atoms with Crippen LogP contribution < -0.4 is 5.32 Å². The molecule has 1 fully saturated rings. The van der Waals surface area contributed by atoms with Gasteiger partial charge in [-0.3, -0.25) is 9.78 Å². The molecule has 2 aromatic rings. The SMILES string of the molecule is CC(C)[Si](C#CCC1(C(=O)Nc2cccc3cccnc23)CCCCC1)(C(C)C)C(C)C. The summed E-state index contributed by atoms with van der Waals surface area (Å²) in [6.45, 7) is 14.1. The second-order valence-electron chi connectivity index (χ2n) is 10.6. The number of benzene rings is 1. The molecule has 1 aliphatic carbocycles. The minimum atomic E-state index is -1.79. The molecule has 0 spiro atoms. The maximum atomic E-state index is 13.7. The number of carbonyl (C=O) groups excluding carboxylic acids is 1. The third kappa shape index (κ3) is 4.78.